The maximum absolute atomic E-state index is 12.8. The summed E-state index contributed by atoms with van der Waals surface area (Å²) in [5, 5.41) is -0.213. The molecule has 0 fully saturated rings. The minimum Gasteiger partial charge on any atom is -0.395 e. The first-order chi connectivity index (χ1) is 5.04. The van der Waals surface area contributed by atoms with Gasteiger partial charge >= 0.3 is 0 Å². The molecule has 0 spiro atoms. The molecule has 0 aliphatic heterocycles. The van der Waals surface area contributed by atoms with Crippen LogP contribution in [0.2, 0.25) is 5.15 Å². The Morgan fingerprint density at radius 3 is 2.73 bits per heavy atom. The van der Waals surface area contributed by atoms with Gasteiger partial charge in [-0.3, -0.25) is 0 Å². The Bertz CT molecular complexity index is 281. The van der Waals surface area contributed by atoms with Gasteiger partial charge in [-0.05, 0) is 38.5 Å². The van der Waals surface area contributed by atoms with E-state index in [1.807, 2.05) is 22.6 Å². The predicted molar refractivity (Wildman–Crippen MR) is 54.0 cm³/mol. The zero-order valence-electron chi connectivity index (χ0n) is 5.04. The monoisotopic (exact) mass is 350 g/mol. The quantitative estimate of drug-likeness (QED) is 0.577. The molecule has 1 aromatic heterocycles. The second kappa shape index (κ2) is 3.40. The molecular weight excluding hydrogens is 349 g/mol. The van der Waals surface area contributed by atoms with Crippen LogP contribution in [-0.4, -0.2) is 4.98 Å². The summed E-state index contributed by atoms with van der Waals surface area (Å²) in [7, 11) is 0. The van der Waals surface area contributed by atoms with E-state index in [-0.39, 0.29) is 10.8 Å². The van der Waals surface area contributed by atoms with Gasteiger partial charge in [0.2, 0.25) is 0 Å². The summed E-state index contributed by atoms with van der Waals surface area (Å²) in [6, 6.07) is 0. The predicted octanol–water partition coefficient (Wildman–Crippen LogP) is 2.82. The molecule has 6 heteroatoms. The molecule has 0 aliphatic carbocycles. The Hall–Kier alpha value is 0.380. The van der Waals surface area contributed by atoms with E-state index in [9.17, 15) is 4.39 Å². The number of pyridine rings is 1. The maximum Gasteiger partial charge on any atom is 0.184 e. The molecule has 0 saturated carbocycles. The summed E-state index contributed by atoms with van der Waals surface area (Å²) in [4.78, 5) is 3.65. The molecule has 2 N–H and O–H groups in total. The molecule has 0 saturated heterocycles. The minimum absolute atomic E-state index is 0.0254. The highest BCUT2D eigenvalue weighted by molar-refractivity contribution is 14.1. The van der Waals surface area contributed by atoms with Gasteiger partial charge in [-0.25, -0.2) is 9.37 Å². The van der Waals surface area contributed by atoms with Crippen molar-refractivity contribution in [1.29, 1.82) is 0 Å². The molecule has 1 rings (SSSR count). The third-order valence-corrected chi connectivity index (χ3v) is 3.69. The lowest BCUT2D eigenvalue weighted by atomic mass is 10.4. The van der Waals surface area contributed by atoms with E-state index in [1.54, 1.807) is 0 Å². The molecule has 0 atom stereocenters. The van der Waals surface area contributed by atoms with E-state index in [0.29, 0.717) is 8.17 Å². The average Bonchev–Trinajstić information content (AvgIpc) is 1.97. The number of aromatic nitrogens is 1. The lowest BCUT2D eigenvalue weighted by Crippen LogP contribution is -1.98. The largest absolute Gasteiger partial charge is 0.395 e. The van der Waals surface area contributed by atoms with Gasteiger partial charge in [0.25, 0.3) is 0 Å². The Kier molecular flexibility index (Phi) is 2.93. The number of hydrogen-bond donors (Lipinski definition) is 1. The molecule has 0 amide bonds. The van der Waals surface area contributed by atoms with Gasteiger partial charge in [0.05, 0.1) is 9.26 Å². The molecule has 1 aromatic rings. The zero-order chi connectivity index (χ0) is 8.59. The van der Waals surface area contributed by atoms with Gasteiger partial charge in [-0.1, -0.05) is 11.6 Å². The maximum atomic E-state index is 12.8. The first-order valence-corrected chi connectivity index (χ1v) is 4.74. The number of nitrogen functional groups attached to an aromatic ring is 1. The van der Waals surface area contributed by atoms with Crippen LogP contribution in [0.25, 0.3) is 0 Å². The topological polar surface area (TPSA) is 38.9 Å². The van der Waals surface area contributed by atoms with Crippen LogP contribution in [0.4, 0.5) is 10.1 Å². The number of hydrogen-bond acceptors (Lipinski definition) is 2. The van der Waals surface area contributed by atoms with Crippen molar-refractivity contribution in [1.82, 2.24) is 4.98 Å². The van der Waals surface area contributed by atoms with Gasteiger partial charge in [-0.15, -0.1) is 0 Å². The van der Waals surface area contributed by atoms with Gasteiger partial charge in [0.15, 0.2) is 11.0 Å². The molecule has 11 heavy (non-hydrogen) atoms. The molecule has 60 valence electrons. The summed E-state index contributed by atoms with van der Waals surface area (Å²) in [5.74, 6) is -0.667. The first-order valence-electron chi connectivity index (χ1n) is 2.49. The molecule has 1 heterocycles. The molecule has 2 nitrogen and oxygen atoms in total. The van der Waals surface area contributed by atoms with Gasteiger partial charge in [0, 0.05) is 0 Å². The van der Waals surface area contributed by atoms with Crippen LogP contribution in [-0.2, 0) is 0 Å². The number of halogens is 4. The van der Waals surface area contributed by atoms with Crippen molar-refractivity contribution < 1.29 is 4.39 Å². The Morgan fingerprint density at radius 2 is 2.18 bits per heavy atom. The van der Waals surface area contributed by atoms with Gasteiger partial charge in [-0.2, -0.15) is 0 Å². The summed E-state index contributed by atoms with van der Waals surface area (Å²) < 4.78 is 13.8. The van der Waals surface area contributed by atoms with Crippen molar-refractivity contribution in [2.45, 2.75) is 0 Å². The van der Waals surface area contributed by atoms with Crippen molar-refractivity contribution in [3.63, 3.8) is 0 Å². The summed E-state index contributed by atoms with van der Waals surface area (Å²) in [5.41, 5.74) is 5.37. The Morgan fingerprint density at radius 1 is 1.64 bits per heavy atom. The standard InChI is InChI=1S/C5H2BrClFIN2/c6-4-2(9)3(10)1(8)5(7)11-4/h(H2,10,11). The van der Waals surface area contributed by atoms with E-state index in [1.165, 1.54) is 0 Å². The van der Waals surface area contributed by atoms with Crippen LogP contribution >= 0.6 is 50.1 Å². The van der Waals surface area contributed by atoms with E-state index < -0.39 is 5.82 Å². The van der Waals surface area contributed by atoms with E-state index in [0.717, 1.165) is 0 Å². The number of nitrogens with zero attached hydrogens (tertiary/aromatic N) is 1. The van der Waals surface area contributed by atoms with Crippen LogP contribution in [0, 0.1) is 9.39 Å². The Balaban J connectivity index is 3.46. The second-order valence-electron chi connectivity index (χ2n) is 1.74. The third kappa shape index (κ3) is 1.75. The van der Waals surface area contributed by atoms with Crippen LogP contribution < -0.4 is 5.73 Å². The van der Waals surface area contributed by atoms with Crippen molar-refractivity contribution in [2.75, 3.05) is 5.73 Å². The normalized spacial score (nSPS) is 10.2. The van der Waals surface area contributed by atoms with Crippen LogP contribution in [0.15, 0.2) is 4.60 Å². The second-order valence-corrected chi connectivity index (χ2v) is 3.92. The molecule has 0 aromatic carbocycles. The van der Waals surface area contributed by atoms with E-state index in [2.05, 4.69) is 20.9 Å². The average molecular weight is 351 g/mol. The van der Waals surface area contributed by atoms with Crippen molar-refractivity contribution >= 4 is 55.8 Å². The SMILES string of the molecule is Nc1c(F)c(Cl)nc(Br)c1I. The smallest absolute Gasteiger partial charge is 0.184 e. The molecular formula is C5H2BrClFIN2. The van der Waals surface area contributed by atoms with E-state index in [4.69, 9.17) is 17.3 Å². The number of anilines is 1. The lowest BCUT2D eigenvalue weighted by molar-refractivity contribution is 0.625. The fourth-order valence-electron chi connectivity index (χ4n) is 0.503. The van der Waals surface area contributed by atoms with Crippen molar-refractivity contribution in [3.05, 3.63) is 19.1 Å². The summed E-state index contributed by atoms with van der Waals surface area (Å²) >= 11 is 10.4. The van der Waals surface area contributed by atoms with Gasteiger partial charge < -0.3 is 5.73 Å². The first kappa shape index (κ1) is 9.47. The van der Waals surface area contributed by atoms with Crippen molar-refractivity contribution in [2.24, 2.45) is 0 Å². The number of rotatable bonds is 0. The highest BCUT2D eigenvalue weighted by Gasteiger charge is 2.12. The van der Waals surface area contributed by atoms with Crippen molar-refractivity contribution in [3.8, 4) is 0 Å². The Labute approximate surface area is 89.6 Å². The molecule has 0 radical (unpaired) electrons. The zero-order valence-corrected chi connectivity index (χ0v) is 9.54. The summed E-state index contributed by atoms with van der Waals surface area (Å²) in [6.07, 6.45) is 0. The molecule has 0 bridgehead atoms. The molecule has 0 unspecified atom stereocenters. The fourth-order valence-corrected chi connectivity index (χ4v) is 1.54. The van der Waals surface area contributed by atoms with E-state index >= 15 is 0 Å². The van der Waals surface area contributed by atoms with Gasteiger partial charge in [0.1, 0.15) is 4.60 Å². The highest BCUT2D eigenvalue weighted by atomic mass is 127. The summed E-state index contributed by atoms with van der Waals surface area (Å²) in [6.45, 7) is 0. The fraction of sp³-hybridized carbons (Fsp3) is 0. The molecule has 0 aliphatic rings. The van der Waals surface area contributed by atoms with Crippen LogP contribution in [0.5, 0.6) is 0 Å². The van der Waals surface area contributed by atoms with Crippen LogP contribution in [0.1, 0.15) is 0 Å². The van der Waals surface area contributed by atoms with Crippen LogP contribution in [0.3, 0.4) is 0 Å². The number of nitrogens with two attached hydrogens (primary N) is 1. The minimum atomic E-state index is -0.667. The highest BCUT2D eigenvalue weighted by Crippen LogP contribution is 2.28. The third-order valence-electron chi connectivity index (χ3n) is 1.03. The lowest BCUT2D eigenvalue weighted by Gasteiger charge is -2.02.